The highest BCUT2D eigenvalue weighted by Crippen LogP contribution is 2.26. The van der Waals surface area contributed by atoms with Crippen LogP contribution in [-0.2, 0) is 4.74 Å². The predicted molar refractivity (Wildman–Crippen MR) is 69.8 cm³/mol. The number of hydrogen-bond acceptors (Lipinski definition) is 3. The number of carbonyl (C=O) groups excluding carboxylic acids is 1. The van der Waals surface area contributed by atoms with Gasteiger partial charge in [0.05, 0.1) is 16.2 Å². The molecule has 0 spiro atoms. The van der Waals surface area contributed by atoms with E-state index < -0.39 is 0 Å². The summed E-state index contributed by atoms with van der Waals surface area (Å²) in [7, 11) is 1.69. The molecule has 0 radical (unpaired) electrons. The number of halogens is 1. The van der Waals surface area contributed by atoms with Crippen molar-refractivity contribution < 1.29 is 9.53 Å². The second kappa shape index (κ2) is 5.24. The minimum Gasteiger partial charge on any atom is -0.377 e. The van der Waals surface area contributed by atoms with Gasteiger partial charge in [0.1, 0.15) is 0 Å². The second-order valence-electron chi connectivity index (χ2n) is 4.84. The molecule has 2 heterocycles. The number of likely N-dealkylation sites (tertiary alicyclic amines) is 1. The highest BCUT2D eigenvalue weighted by molar-refractivity contribution is 6.33. The average molecular weight is 269 g/mol. The molecule has 0 bridgehead atoms. The number of ether oxygens (including phenoxy) is 1. The molecular weight excluding hydrogens is 252 g/mol. The molecule has 0 aliphatic carbocycles. The van der Waals surface area contributed by atoms with E-state index in [2.05, 4.69) is 4.98 Å². The van der Waals surface area contributed by atoms with E-state index >= 15 is 0 Å². The topological polar surface area (TPSA) is 42.4 Å². The van der Waals surface area contributed by atoms with Gasteiger partial charge in [-0.25, -0.2) is 0 Å². The van der Waals surface area contributed by atoms with Gasteiger partial charge in [0.15, 0.2) is 0 Å². The Morgan fingerprint density at radius 1 is 1.61 bits per heavy atom. The van der Waals surface area contributed by atoms with E-state index in [4.69, 9.17) is 16.3 Å². The van der Waals surface area contributed by atoms with Crippen LogP contribution < -0.4 is 0 Å². The van der Waals surface area contributed by atoms with Gasteiger partial charge in [0.2, 0.25) is 0 Å². The minimum atomic E-state index is -0.261. The monoisotopic (exact) mass is 268 g/mol. The Labute approximate surface area is 112 Å². The Bertz CT molecular complexity index is 452. The van der Waals surface area contributed by atoms with Crippen LogP contribution in [0.2, 0.25) is 5.02 Å². The third kappa shape index (κ3) is 2.65. The average Bonchev–Trinajstić information content (AvgIpc) is 2.39. The molecule has 98 valence electrons. The van der Waals surface area contributed by atoms with E-state index in [9.17, 15) is 4.79 Å². The number of hydrogen-bond donors (Lipinski definition) is 0. The fraction of sp³-hybridized carbons (Fsp3) is 0.538. The maximum atomic E-state index is 12.4. The summed E-state index contributed by atoms with van der Waals surface area (Å²) in [5.41, 5.74) is 0.197. The van der Waals surface area contributed by atoms with Gasteiger partial charge in [0, 0.05) is 32.6 Å². The van der Waals surface area contributed by atoms with Crippen LogP contribution in [0.4, 0.5) is 0 Å². The molecule has 0 N–H and O–H groups in total. The molecule has 1 fully saturated rings. The zero-order valence-electron chi connectivity index (χ0n) is 10.6. The van der Waals surface area contributed by atoms with Crippen molar-refractivity contribution in [2.24, 2.45) is 0 Å². The van der Waals surface area contributed by atoms with Gasteiger partial charge in [0.25, 0.3) is 5.91 Å². The first-order chi connectivity index (χ1) is 8.56. The Hall–Kier alpha value is -1.13. The number of aromatic nitrogens is 1. The van der Waals surface area contributed by atoms with Gasteiger partial charge < -0.3 is 9.64 Å². The van der Waals surface area contributed by atoms with Crippen LogP contribution >= 0.6 is 11.6 Å². The van der Waals surface area contributed by atoms with Gasteiger partial charge in [-0.2, -0.15) is 0 Å². The Balaban J connectivity index is 2.17. The zero-order chi connectivity index (χ0) is 13.2. The number of piperidine rings is 1. The number of nitrogens with zero attached hydrogens (tertiary/aromatic N) is 2. The van der Waals surface area contributed by atoms with Crippen LogP contribution in [0.25, 0.3) is 0 Å². The maximum absolute atomic E-state index is 12.4. The van der Waals surface area contributed by atoms with E-state index in [1.807, 2.05) is 6.92 Å². The van der Waals surface area contributed by atoms with E-state index in [-0.39, 0.29) is 11.5 Å². The number of pyridine rings is 1. The molecule has 1 aliphatic heterocycles. The van der Waals surface area contributed by atoms with Crippen LogP contribution in [0.15, 0.2) is 18.5 Å². The summed E-state index contributed by atoms with van der Waals surface area (Å²) >= 11 is 6.02. The van der Waals surface area contributed by atoms with E-state index in [0.717, 1.165) is 19.4 Å². The smallest absolute Gasteiger partial charge is 0.257 e. The highest BCUT2D eigenvalue weighted by Gasteiger charge is 2.33. The maximum Gasteiger partial charge on any atom is 0.257 e. The van der Waals surface area contributed by atoms with Crippen molar-refractivity contribution in [3.63, 3.8) is 0 Å². The summed E-state index contributed by atoms with van der Waals surface area (Å²) in [4.78, 5) is 18.1. The lowest BCUT2D eigenvalue weighted by molar-refractivity contribution is -0.0440. The van der Waals surface area contributed by atoms with Crippen LogP contribution in [0.1, 0.15) is 30.1 Å². The van der Waals surface area contributed by atoms with Crippen LogP contribution in [0.3, 0.4) is 0 Å². The number of methoxy groups -OCH3 is 1. The lowest BCUT2D eigenvalue weighted by Gasteiger charge is -2.39. The van der Waals surface area contributed by atoms with Gasteiger partial charge in [-0.15, -0.1) is 0 Å². The van der Waals surface area contributed by atoms with Gasteiger partial charge in [-0.3, -0.25) is 9.78 Å². The lowest BCUT2D eigenvalue weighted by atomic mass is 9.94. The van der Waals surface area contributed by atoms with Gasteiger partial charge in [-0.05, 0) is 25.8 Å². The molecule has 1 aromatic heterocycles. The molecule has 4 nitrogen and oxygen atoms in total. The largest absolute Gasteiger partial charge is 0.377 e. The molecule has 1 saturated heterocycles. The molecule has 1 amide bonds. The van der Waals surface area contributed by atoms with Crippen molar-refractivity contribution in [1.82, 2.24) is 9.88 Å². The van der Waals surface area contributed by atoms with Crippen molar-refractivity contribution in [2.75, 3.05) is 20.2 Å². The minimum absolute atomic E-state index is 0.0731. The Morgan fingerprint density at radius 2 is 2.39 bits per heavy atom. The van der Waals surface area contributed by atoms with Crippen molar-refractivity contribution in [1.29, 1.82) is 0 Å². The molecule has 1 unspecified atom stereocenters. The summed E-state index contributed by atoms with van der Waals surface area (Å²) in [6.45, 7) is 3.36. The summed E-state index contributed by atoms with van der Waals surface area (Å²) in [6, 6.07) is 1.63. The van der Waals surface area contributed by atoms with E-state index in [0.29, 0.717) is 17.1 Å². The zero-order valence-corrected chi connectivity index (χ0v) is 11.4. The second-order valence-corrected chi connectivity index (χ2v) is 5.25. The first kappa shape index (κ1) is 13.3. The molecule has 0 aromatic carbocycles. The van der Waals surface area contributed by atoms with Crippen molar-refractivity contribution in [3.8, 4) is 0 Å². The molecule has 2 rings (SSSR count). The number of carbonyl (C=O) groups is 1. The number of amides is 1. The normalized spacial score (nSPS) is 24.1. The van der Waals surface area contributed by atoms with E-state index in [1.54, 1.807) is 24.3 Å². The Kier molecular flexibility index (Phi) is 3.88. The third-order valence-electron chi connectivity index (χ3n) is 3.44. The Morgan fingerprint density at radius 3 is 3.06 bits per heavy atom. The first-order valence-electron chi connectivity index (χ1n) is 6.00. The summed E-state index contributed by atoms with van der Waals surface area (Å²) in [5.74, 6) is -0.0731. The molecular formula is C13H17ClN2O2. The number of rotatable bonds is 2. The summed E-state index contributed by atoms with van der Waals surface area (Å²) < 4.78 is 5.48. The SMILES string of the molecule is COC1(C)CCCN(C(=O)c2cnccc2Cl)C1. The summed E-state index contributed by atoms with van der Waals surface area (Å²) in [6.07, 6.45) is 5.00. The molecule has 1 atom stereocenters. The molecule has 5 heteroatoms. The quantitative estimate of drug-likeness (QED) is 0.827. The molecule has 1 aromatic rings. The molecule has 18 heavy (non-hydrogen) atoms. The third-order valence-corrected chi connectivity index (χ3v) is 3.77. The van der Waals surface area contributed by atoms with E-state index in [1.165, 1.54) is 6.20 Å². The lowest BCUT2D eigenvalue weighted by Crippen LogP contribution is -2.49. The first-order valence-corrected chi connectivity index (χ1v) is 6.37. The molecule has 1 aliphatic rings. The fourth-order valence-electron chi connectivity index (χ4n) is 2.25. The van der Waals surface area contributed by atoms with Crippen molar-refractivity contribution in [2.45, 2.75) is 25.4 Å². The predicted octanol–water partition coefficient (Wildman–Crippen LogP) is 2.38. The van der Waals surface area contributed by atoms with Crippen molar-refractivity contribution in [3.05, 3.63) is 29.0 Å². The summed E-state index contributed by atoms with van der Waals surface area (Å²) in [5, 5.41) is 0.444. The van der Waals surface area contributed by atoms with Gasteiger partial charge >= 0.3 is 0 Å². The highest BCUT2D eigenvalue weighted by atomic mass is 35.5. The van der Waals surface area contributed by atoms with Crippen LogP contribution in [0.5, 0.6) is 0 Å². The van der Waals surface area contributed by atoms with Gasteiger partial charge in [-0.1, -0.05) is 11.6 Å². The van der Waals surface area contributed by atoms with Crippen molar-refractivity contribution >= 4 is 17.5 Å². The fourth-order valence-corrected chi connectivity index (χ4v) is 2.44. The van der Waals surface area contributed by atoms with Crippen LogP contribution in [-0.4, -0.2) is 41.6 Å². The van der Waals surface area contributed by atoms with Crippen LogP contribution in [0, 0.1) is 0 Å². The standard InChI is InChI=1S/C13H17ClN2O2/c1-13(18-2)5-3-7-16(9-13)12(17)10-8-15-6-4-11(10)14/h4,6,8H,3,5,7,9H2,1-2H3. The molecule has 0 saturated carbocycles.